The molecule has 0 radical (unpaired) electrons. The molecule has 0 aliphatic carbocycles. The summed E-state index contributed by atoms with van der Waals surface area (Å²) >= 11 is 5.21. The second-order valence-corrected chi connectivity index (χ2v) is 6.60. The Labute approximate surface area is 116 Å². The van der Waals surface area contributed by atoms with Crippen molar-refractivity contribution in [1.29, 1.82) is 0 Å². The first-order valence-corrected chi connectivity index (χ1v) is 7.89. The van der Waals surface area contributed by atoms with Crippen LogP contribution in [0.25, 0.3) is 0 Å². The lowest BCUT2D eigenvalue weighted by molar-refractivity contribution is -0.121. The molecule has 0 bridgehead atoms. The molecule has 1 N–H and O–H groups in total. The normalized spacial score (nSPS) is 11.5. The van der Waals surface area contributed by atoms with Crippen LogP contribution in [0.4, 0.5) is 0 Å². The van der Waals surface area contributed by atoms with Gasteiger partial charge >= 0.3 is 0 Å². The van der Waals surface area contributed by atoms with Crippen LogP contribution in [0.3, 0.4) is 0 Å². The first kappa shape index (κ1) is 14.7. The zero-order valence-electron chi connectivity index (χ0n) is 10.5. The number of halogens is 1. The van der Waals surface area contributed by atoms with Gasteiger partial charge < -0.3 is 5.32 Å². The van der Waals surface area contributed by atoms with E-state index in [0.29, 0.717) is 6.42 Å². The number of amides is 1. The van der Waals surface area contributed by atoms with E-state index in [-0.39, 0.29) is 11.3 Å². The van der Waals surface area contributed by atoms with Crippen LogP contribution in [-0.4, -0.2) is 17.8 Å². The van der Waals surface area contributed by atoms with E-state index >= 15 is 0 Å². The van der Waals surface area contributed by atoms with Gasteiger partial charge in [0.1, 0.15) is 0 Å². The molecule has 17 heavy (non-hydrogen) atoms. The second-order valence-electron chi connectivity index (χ2n) is 5.01. The number of carbonyl (C=O) groups is 1. The van der Waals surface area contributed by atoms with Crippen molar-refractivity contribution >= 4 is 33.2 Å². The molecule has 1 rings (SSSR count). The predicted molar refractivity (Wildman–Crippen MR) is 77.8 cm³/mol. The van der Waals surface area contributed by atoms with Crippen molar-refractivity contribution < 1.29 is 4.79 Å². The van der Waals surface area contributed by atoms with Crippen LogP contribution in [0.1, 0.15) is 31.6 Å². The quantitative estimate of drug-likeness (QED) is 0.765. The number of hydrogen-bond acceptors (Lipinski definition) is 2. The molecule has 4 heteroatoms. The first-order chi connectivity index (χ1) is 8.03. The Morgan fingerprint density at radius 2 is 2.29 bits per heavy atom. The zero-order chi connectivity index (χ0) is 12.7. The fourth-order valence-corrected chi connectivity index (χ4v) is 2.30. The molecule has 0 saturated heterocycles. The monoisotopic (exact) mass is 317 g/mol. The lowest BCUT2D eigenvalue weighted by Gasteiger charge is -2.21. The molecular formula is C13H20BrNOS. The van der Waals surface area contributed by atoms with E-state index < -0.39 is 0 Å². The van der Waals surface area contributed by atoms with Crippen LogP contribution in [-0.2, 0) is 11.2 Å². The van der Waals surface area contributed by atoms with Gasteiger partial charge in [-0.05, 0) is 29.7 Å². The fraction of sp³-hybridized carbons (Fsp3) is 0.615. The number of alkyl halides is 1. The minimum Gasteiger partial charge on any atom is -0.356 e. The van der Waals surface area contributed by atoms with Gasteiger partial charge in [0.25, 0.3) is 0 Å². The zero-order valence-corrected chi connectivity index (χ0v) is 12.9. The van der Waals surface area contributed by atoms with Gasteiger partial charge in [-0.15, -0.1) is 11.3 Å². The van der Waals surface area contributed by atoms with Crippen molar-refractivity contribution in [3.05, 3.63) is 22.4 Å². The highest BCUT2D eigenvalue weighted by Gasteiger charge is 2.16. The topological polar surface area (TPSA) is 29.1 Å². The highest BCUT2D eigenvalue weighted by molar-refractivity contribution is 9.09. The summed E-state index contributed by atoms with van der Waals surface area (Å²) in [7, 11) is 0. The van der Waals surface area contributed by atoms with Crippen molar-refractivity contribution in [1.82, 2.24) is 5.32 Å². The average Bonchev–Trinajstić information content (AvgIpc) is 2.80. The molecule has 0 aromatic carbocycles. The summed E-state index contributed by atoms with van der Waals surface area (Å²) in [5.74, 6) is 0.163. The number of carbonyl (C=O) groups excluding carboxylic acids is 1. The van der Waals surface area contributed by atoms with Crippen molar-refractivity contribution in [2.75, 3.05) is 11.9 Å². The van der Waals surface area contributed by atoms with Gasteiger partial charge in [-0.2, -0.15) is 0 Å². The standard InChI is InChI=1S/C13H20BrNOS/c1-13(2,9-14)10-15-12(16)7-3-5-11-6-4-8-17-11/h4,6,8H,3,5,7,9-10H2,1-2H3,(H,15,16). The van der Waals surface area contributed by atoms with Gasteiger partial charge in [-0.3, -0.25) is 4.79 Å². The number of aryl methyl sites for hydroxylation is 1. The molecule has 96 valence electrons. The van der Waals surface area contributed by atoms with E-state index in [0.717, 1.165) is 24.7 Å². The van der Waals surface area contributed by atoms with Crippen molar-refractivity contribution in [2.24, 2.45) is 5.41 Å². The van der Waals surface area contributed by atoms with E-state index in [1.165, 1.54) is 4.88 Å². The Hall–Kier alpha value is -0.350. The summed E-state index contributed by atoms with van der Waals surface area (Å²) in [4.78, 5) is 13.0. The maximum Gasteiger partial charge on any atom is 0.220 e. The fourth-order valence-electron chi connectivity index (χ4n) is 1.35. The Bertz CT molecular complexity index is 335. The van der Waals surface area contributed by atoms with Gasteiger partial charge in [0.2, 0.25) is 5.91 Å². The van der Waals surface area contributed by atoms with Crippen molar-refractivity contribution in [3.8, 4) is 0 Å². The largest absolute Gasteiger partial charge is 0.356 e. The molecule has 1 aromatic rings. The third-order valence-corrected chi connectivity index (χ3v) is 4.99. The van der Waals surface area contributed by atoms with Crippen LogP contribution < -0.4 is 5.32 Å². The van der Waals surface area contributed by atoms with Crippen LogP contribution in [0.5, 0.6) is 0 Å². The van der Waals surface area contributed by atoms with Crippen LogP contribution in [0.15, 0.2) is 17.5 Å². The minimum absolute atomic E-state index is 0.128. The summed E-state index contributed by atoms with van der Waals surface area (Å²) in [5.41, 5.74) is 0.128. The van der Waals surface area contributed by atoms with Crippen LogP contribution in [0, 0.1) is 5.41 Å². The Morgan fingerprint density at radius 1 is 1.53 bits per heavy atom. The third-order valence-electron chi connectivity index (χ3n) is 2.53. The molecule has 0 aliphatic rings. The van der Waals surface area contributed by atoms with Gasteiger partial charge in [-0.25, -0.2) is 0 Å². The predicted octanol–water partition coefficient (Wildman–Crippen LogP) is 3.61. The van der Waals surface area contributed by atoms with E-state index in [9.17, 15) is 4.79 Å². The Kier molecular flexibility index (Phi) is 6.20. The molecule has 0 unspecified atom stereocenters. The smallest absolute Gasteiger partial charge is 0.220 e. The molecular weight excluding hydrogens is 298 g/mol. The number of thiophene rings is 1. The highest BCUT2D eigenvalue weighted by atomic mass is 79.9. The lowest BCUT2D eigenvalue weighted by atomic mass is 9.97. The molecule has 0 saturated carbocycles. The summed E-state index contributed by atoms with van der Waals surface area (Å²) in [6.45, 7) is 5.00. The number of hydrogen-bond donors (Lipinski definition) is 1. The van der Waals surface area contributed by atoms with Crippen molar-refractivity contribution in [3.63, 3.8) is 0 Å². The molecule has 1 amide bonds. The summed E-state index contributed by atoms with van der Waals surface area (Å²) in [5, 5.41) is 5.96. The molecule has 0 spiro atoms. The highest BCUT2D eigenvalue weighted by Crippen LogP contribution is 2.16. The van der Waals surface area contributed by atoms with E-state index in [4.69, 9.17) is 0 Å². The van der Waals surface area contributed by atoms with Gasteiger partial charge in [0.15, 0.2) is 0 Å². The summed E-state index contributed by atoms with van der Waals surface area (Å²) < 4.78 is 0. The van der Waals surface area contributed by atoms with E-state index in [1.54, 1.807) is 11.3 Å². The molecule has 1 heterocycles. The van der Waals surface area contributed by atoms with E-state index in [1.807, 2.05) is 0 Å². The number of nitrogens with one attached hydrogen (secondary N) is 1. The van der Waals surface area contributed by atoms with Crippen LogP contribution in [0.2, 0.25) is 0 Å². The van der Waals surface area contributed by atoms with Gasteiger partial charge in [-0.1, -0.05) is 35.8 Å². The van der Waals surface area contributed by atoms with Gasteiger partial charge in [0, 0.05) is 23.2 Å². The first-order valence-electron chi connectivity index (χ1n) is 5.88. The maximum absolute atomic E-state index is 11.6. The Morgan fingerprint density at radius 3 is 2.88 bits per heavy atom. The average molecular weight is 318 g/mol. The SMILES string of the molecule is CC(C)(CBr)CNC(=O)CCCc1cccs1. The lowest BCUT2D eigenvalue weighted by Crippen LogP contribution is -2.34. The third kappa shape index (κ3) is 6.22. The molecule has 2 nitrogen and oxygen atoms in total. The molecule has 0 fully saturated rings. The molecule has 0 atom stereocenters. The molecule has 0 aliphatic heterocycles. The van der Waals surface area contributed by atoms with Crippen LogP contribution >= 0.6 is 27.3 Å². The number of rotatable bonds is 7. The maximum atomic E-state index is 11.6. The van der Waals surface area contributed by atoms with E-state index in [2.05, 4.69) is 52.6 Å². The summed E-state index contributed by atoms with van der Waals surface area (Å²) in [6.07, 6.45) is 2.56. The second kappa shape index (κ2) is 7.17. The summed E-state index contributed by atoms with van der Waals surface area (Å²) in [6, 6.07) is 4.18. The molecule has 1 aromatic heterocycles. The Balaban J connectivity index is 2.13. The van der Waals surface area contributed by atoms with Gasteiger partial charge in [0.05, 0.1) is 0 Å². The minimum atomic E-state index is 0.128. The van der Waals surface area contributed by atoms with Crippen molar-refractivity contribution in [2.45, 2.75) is 33.1 Å².